The third-order valence-corrected chi connectivity index (χ3v) is 8.97. The molecule has 4 heterocycles. The molecule has 1 atom stereocenters. The van der Waals surface area contributed by atoms with Gasteiger partial charge < -0.3 is 14.5 Å². The minimum atomic E-state index is -0.738. The van der Waals surface area contributed by atoms with Crippen molar-refractivity contribution in [2.24, 2.45) is 12.5 Å². The Hall–Kier alpha value is -3.63. The van der Waals surface area contributed by atoms with E-state index in [1.165, 1.54) is 9.13 Å². The van der Waals surface area contributed by atoms with Gasteiger partial charge in [-0.2, -0.15) is 0 Å². The minimum absolute atomic E-state index is 0.0950. The van der Waals surface area contributed by atoms with Gasteiger partial charge in [-0.05, 0) is 76.3 Å². The fourth-order valence-corrected chi connectivity index (χ4v) is 6.57. The number of imidazole rings is 1. The maximum atomic E-state index is 13.2. The molecule has 0 saturated carbocycles. The van der Waals surface area contributed by atoms with Crippen LogP contribution in [0.25, 0.3) is 11.0 Å². The molecule has 1 aromatic heterocycles. The van der Waals surface area contributed by atoms with Gasteiger partial charge in [-0.1, -0.05) is 12.1 Å². The minimum Gasteiger partial charge on any atom is -0.444 e. The Morgan fingerprint density at radius 3 is 2.24 bits per heavy atom. The first-order valence-electron chi connectivity index (χ1n) is 14.7. The molecule has 3 saturated heterocycles. The van der Waals surface area contributed by atoms with E-state index in [0.717, 1.165) is 31.2 Å². The molecule has 5 rings (SSSR count). The molecule has 0 radical (unpaired) electrons. The highest BCUT2D eigenvalue weighted by molar-refractivity contribution is 6.00. The number of hydrogen-bond acceptors (Lipinski definition) is 6. The summed E-state index contributed by atoms with van der Waals surface area (Å²) in [5.74, 6) is -0.693. The van der Waals surface area contributed by atoms with Crippen molar-refractivity contribution in [3.05, 3.63) is 34.2 Å². The largest absolute Gasteiger partial charge is 0.444 e. The van der Waals surface area contributed by atoms with E-state index in [2.05, 4.69) is 5.32 Å². The second-order valence-electron chi connectivity index (χ2n) is 12.8. The van der Waals surface area contributed by atoms with Crippen LogP contribution in [0.3, 0.4) is 0 Å². The summed E-state index contributed by atoms with van der Waals surface area (Å²) in [5, 5.41) is 2.34. The molecule has 1 spiro atoms. The van der Waals surface area contributed by atoms with Crippen molar-refractivity contribution in [3.8, 4) is 0 Å². The van der Waals surface area contributed by atoms with Crippen LogP contribution in [0.4, 0.5) is 4.79 Å². The summed E-state index contributed by atoms with van der Waals surface area (Å²) in [4.78, 5) is 66.7. The zero-order valence-electron chi connectivity index (χ0n) is 24.5. The number of carbonyl (C=O) groups excluding carboxylic acids is 4. The van der Waals surface area contributed by atoms with Gasteiger partial charge in [0, 0.05) is 46.1 Å². The quantitative estimate of drug-likeness (QED) is 0.567. The third kappa shape index (κ3) is 5.90. The average Bonchev–Trinajstić information content (AvgIpc) is 3.17. The zero-order chi connectivity index (χ0) is 29.5. The number of likely N-dealkylation sites (tertiary alicyclic amines) is 2. The number of fused-ring (bicyclic) bond motifs is 1. The van der Waals surface area contributed by atoms with E-state index in [1.807, 2.05) is 43.9 Å². The first-order valence-corrected chi connectivity index (χ1v) is 14.7. The highest BCUT2D eigenvalue weighted by Gasteiger charge is 2.40. The van der Waals surface area contributed by atoms with Crippen molar-refractivity contribution in [2.75, 3.05) is 26.2 Å². The van der Waals surface area contributed by atoms with Gasteiger partial charge in [-0.3, -0.25) is 28.8 Å². The number of imide groups is 1. The van der Waals surface area contributed by atoms with Crippen LogP contribution >= 0.6 is 0 Å². The maximum absolute atomic E-state index is 13.2. The fourth-order valence-electron chi connectivity index (χ4n) is 6.57. The lowest BCUT2D eigenvalue weighted by molar-refractivity contribution is -0.136. The second-order valence-corrected chi connectivity index (χ2v) is 12.8. The van der Waals surface area contributed by atoms with E-state index in [0.29, 0.717) is 50.1 Å². The molecule has 2 aromatic rings. The second kappa shape index (κ2) is 11.0. The highest BCUT2D eigenvalue weighted by Crippen LogP contribution is 2.41. The number of aromatic nitrogens is 2. The van der Waals surface area contributed by atoms with Gasteiger partial charge in [0.1, 0.15) is 11.6 Å². The van der Waals surface area contributed by atoms with E-state index >= 15 is 0 Å². The monoisotopic (exact) mass is 567 g/mol. The van der Waals surface area contributed by atoms with Crippen LogP contribution in [-0.2, 0) is 32.6 Å². The number of nitrogens with zero attached hydrogens (tertiary/aromatic N) is 4. The van der Waals surface area contributed by atoms with Gasteiger partial charge in [0.05, 0.1) is 11.0 Å². The molecule has 1 unspecified atom stereocenters. The molecule has 11 nitrogen and oxygen atoms in total. The SMILES string of the molecule is Cn1c(=O)n(C2CCC(=O)NC2=O)c2cccc(CCC(=O)N3CCC4(CC3)CCN(C(=O)OC(C)(C)C)CC4)c21. The number of aryl methyl sites for hydroxylation is 2. The van der Waals surface area contributed by atoms with Crippen LogP contribution in [0, 0.1) is 5.41 Å². The molecule has 0 aliphatic carbocycles. The fraction of sp³-hybridized carbons (Fsp3) is 0.633. The molecule has 41 heavy (non-hydrogen) atoms. The highest BCUT2D eigenvalue weighted by atomic mass is 16.6. The van der Waals surface area contributed by atoms with Crippen molar-refractivity contribution in [2.45, 2.75) is 83.8 Å². The first kappa shape index (κ1) is 28.9. The van der Waals surface area contributed by atoms with E-state index in [-0.39, 0.29) is 41.9 Å². The molecule has 222 valence electrons. The zero-order valence-corrected chi connectivity index (χ0v) is 24.5. The van der Waals surface area contributed by atoms with Gasteiger partial charge in [0.15, 0.2) is 0 Å². The number of piperidine rings is 3. The number of nitrogens with one attached hydrogen (secondary N) is 1. The summed E-state index contributed by atoms with van der Waals surface area (Å²) >= 11 is 0. The summed E-state index contributed by atoms with van der Waals surface area (Å²) in [6, 6.07) is 4.84. The molecular formula is C30H41N5O6. The van der Waals surface area contributed by atoms with Crippen molar-refractivity contribution in [1.82, 2.24) is 24.3 Å². The number of hydrogen-bond donors (Lipinski definition) is 1. The molecule has 3 fully saturated rings. The summed E-state index contributed by atoms with van der Waals surface area (Å²) in [6.07, 6.45) is 4.74. The lowest BCUT2D eigenvalue weighted by Crippen LogP contribution is -2.50. The Morgan fingerprint density at radius 1 is 1.00 bits per heavy atom. The van der Waals surface area contributed by atoms with E-state index in [4.69, 9.17) is 4.74 Å². The number of ether oxygens (including phenoxy) is 1. The topological polar surface area (TPSA) is 123 Å². The lowest BCUT2D eigenvalue weighted by atomic mass is 9.71. The summed E-state index contributed by atoms with van der Waals surface area (Å²) in [6.45, 7) is 8.42. The normalized spacial score (nSPS) is 21.3. The molecular weight excluding hydrogens is 526 g/mol. The predicted octanol–water partition coefficient (Wildman–Crippen LogP) is 2.89. The van der Waals surface area contributed by atoms with E-state index in [1.54, 1.807) is 11.9 Å². The molecule has 4 amide bonds. The molecule has 1 aromatic carbocycles. The van der Waals surface area contributed by atoms with E-state index in [9.17, 15) is 24.0 Å². The Morgan fingerprint density at radius 2 is 1.63 bits per heavy atom. The molecule has 1 N–H and O–H groups in total. The van der Waals surface area contributed by atoms with Crippen molar-refractivity contribution in [3.63, 3.8) is 0 Å². The Labute approximate surface area is 239 Å². The summed E-state index contributed by atoms with van der Waals surface area (Å²) < 4.78 is 8.54. The summed E-state index contributed by atoms with van der Waals surface area (Å²) in [7, 11) is 1.68. The van der Waals surface area contributed by atoms with Crippen LogP contribution in [0.5, 0.6) is 0 Å². The van der Waals surface area contributed by atoms with Crippen LogP contribution < -0.4 is 11.0 Å². The molecule has 11 heteroatoms. The predicted molar refractivity (Wildman–Crippen MR) is 152 cm³/mol. The molecule has 3 aliphatic rings. The van der Waals surface area contributed by atoms with Gasteiger partial charge in [0.25, 0.3) is 0 Å². The number of para-hydroxylation sites is 1. The van der Waals surface area contributed by atoms with Crippen LogP contribution in [0.15, 0.2) is 23.0 Å². The Bertz CT molecular complexity index is 1420. The number of rotatable bonds is 4. The smallest absolute Gasteiger partial charge is 0.410 e. The maximum Gasteiger partial charge on any atom is 0.410 e. The van der Waals surface area contributed by atoms with Gasteiger partial charge in [0.2, 0.25) is 17.7 Å². The van der Waals surface area contributed by atoms with E-state index < -0.39 is 17.6 Å². The standard InChI is InChI=1S/C30H41N5O6/c1-29(2,3)41-28(40)34-18-14-30(15-19-34)12-16-33(17-13-30)24(37)11-8-20-6-5-7-21-25(20)32(4)27(39)35(21)22-9-10-23(36)31-26(22)38/h5-7,22H,8-19H2,1-4H3,(H,31,36,38). The van der Waals surface area contributed by atoms with Crippen LogP contribution in [0.1, 0.15) is 77.3 Å². The van der Waals surface area contributed by atoms with Gasteiger partial charge in [-0.25, -0.2) is 9.59 Å². The molecule has 3 aliphatic heterocycles. The number of carbonyl (C=O) groups is 4. The van der Waals surface area contributed by atoms with Crippen LogP contribution in [-0.4, -0.2) is 74.5 Å². The van der Waals surface area contributed by atoms with Crippen molar-refractivity contribution < 1.29 is 23.9 Å². The number of benzene rings is 1. The van der Waals surface area contributed by atoms with Crippen molar-refractivity contribution in [1.29, 1.82) is 0 Å². The third-order valence-electron chi connectivity index (χ3n) is 8.97. The first-order chi connectivity index (χ1) is 19.4. The van der Waals surface area contributed by atoms with Crippen LogP contribution in [0.2, 0.25) is 0 Å². The van der Waals surface area contributed by atoms with Gasteiger partial charge >= 0.3 is 11.8 Å². The Balaban J connectivity index is 1.19. The lowest BCUT2D eigenvalue weighted by Gasteiger charge is -2.46. The number of amides is 4. The summed E-state index contributed by atoms with van der Waals surface area (Å²) in [5.41, 5.74) is 1.57. The van der Waals surface area contributed by atoms with Crippen molar-refractivity contribution >= 4 is 34.8 Å². The molecule has 0 bridgehead atoms. The average molecular weight is 568 g/mol. The van der Waals surface area contributed by atoms with Gasteiger partial charge in [-0.15, -0.1) is 0 Å². The Kier molecular flexibility index (Phi) is 7.74.